The summed E-state index contributed by atoms with van der Waals surface area (Å²) in [6, 6.07) is 12.0. The molecule has 0 aliphatic rings. The summed E-state index contributed by atoms with van der Waals surface area (Å²) < 4.78 is 0. The molecule has 2 aromatic rings. The number of anilines is 1. The van der Waals surface area contributed by atoms with Crippen LogP contribution in [0.4, 0.5) is 17.1 Å². The van der Waals surface area contributed by atoms with Gasteiger partial charge in [-0.3, -0.25) is 20.2 Å². The fourth-order valence-electron chi connectivity index (χ4n) is 2.21. The second-order valence-corrected chi connectivity index (χ2v) is 4.83. The maximum absolute atomic E-state index is 11.1. The van der Waals surface area contributed by atoms with Gasteiger partial charge in [-0.2, -0.15) is 0 Å². The highest BCUT2D eigenvalue weighted by Gasteiger charge is 2.22. The van der Waals surface area contributed by atoms with Crippen molar-refractivity contribution < 1.29 is 9.85 Å². The van der Waals surface area contributed by atoms with Crippen LogP contribution >= 0.6 is 0 Å². The van der Waals surface area contributed by atoms with E-state index in [1.807, 2.05) is 30.3 Å². The first-order chi connectivity index (χ1) is 10.5. The average molecular weight is 301 g/mol. The quantitative estimate of drug-likeness (QED) is 0.650. The van der Waals surface area contributed by atoms with E-state index in [2.05, 4.69) is 5.32 Å². The maximum atomic E-state index is 11.1. The predicted octanol–water partition coefficient (Wildman–Crippen LogP) is 3.47. The molecule has 0 spiro atoms. The largest absolute Gasteiger partial charge is 0.379 e. The van der Waals surface area contributed by atoms with Crippen molar-refractivity contribution in [1.29, 1.82) is 0 Å². The molecule has 0 amide bonds. The number of nitro groups is 2. The number of hydrogen-bond acceptors (Lipinski definition) is 5. The summed E-state index contributed by atoms with van der Waals surface area (Å²) in [6.07, 6.45) is 0.703. The summed E-state index contributed by atoms with van der Waals surface area (Å²) >= 11 is 0. The lowest BCUT2D eigenvalue weighted by molar-refractivity contribution is -0.393. The molecule has 0 heterocycles. The molecule has 2 aromatic carbocycles. The van der Waals surface area contributed by atoms with Crippen molar-refractivity contribution in [1.82, 2.24) is 0 Å². The van der Waals surface area contributed by atoms with Crippen LogP contribution in [-0.4, -0.2) is 16.4 Å². The molecule has 0 saturated heterocycles. The maximum Gasteiger partial charge on any atom is 0.299 e. The van der Waals surface area contributed by atoms with Crippen molar-refractivity contribution in [3.63, 3.8) is 0 Å². The molecule has 0 atom stereocenters. The smallest absolute Gasteiger partial charge is 0.299 e. The minimum Gasteiger partial charge on any atom is -0.379 e. The molecule has 7 heteroatoms. The van der Waals surface area contributed by atoms with Gasteiger partial charge in [0.05, 0.1) is 15.9 Å². The van der Waals surface area contributed by atoms with Crippen molar-refractivity contribution in [2.75, 3.05) is 11.9 Å². The summed E-state index contributed by atoms with van der Waals surface area (Å²) in [5.74, 6) is 0. The zero-order valence-corrected chi connectivity index (χ0v) is 12.0. The first-order valence-electron chi connectivity index (χ1n) is 6.70. The Morgan fingerprint density at radius 2 is 1.73 bits per heavy atom. The number of nitrogens with zero attached hydrogens (tertiary/aromatic N) is 2. The number of hydrogen-bond donors (Lipinski definition) is 1. The van der Waals surface area contributed by atoms with Crippen molar-refractivity contribution in [2.24, 2.45) is 0 Å². The van der Waals surface area contributed by atoms with Gasteiger partial charge < -0.3 is 5.32 Å². The van der Waals surface area contributed by atoms with Crippen LogP contribution in [0.25, 0.3) is 0 Å². The molecule has 0 fully saturated rings. The van der Waals surface area contributed by atoms with E-state index in [4.69, 9.17) is 0 Å². The Bertz CT molecular complexity index is 701. The highest BCUT2D eigenvalue weighted by Crippen LogP contribution is 2.32. The molecule has 22 heavy (non-hydrogen) atoms. The summed E-state index contributed by atoms with van der Waals surface area (Å²) in [5.41, 5.74) is 1.36. The van der Waals surface area contributed by atoms with E-state index < -0.39 is 9.85 Å². The molecule has 0 aliphatic carbocycles. The Balaban J connectivity index is 2.19. The van der Waals surface area contributed by atoms with E-state index in [0.29, 0.717) is 24.2 Å². The van der Waals surface area contributed by atoms with E-state index in [9.17, 15) is 20.2 Å². The number of nitro benzene ring substituents is 2. The number of benzene rings is 2. The van der Waals surface area contributed by atoms with Crippen LogP contribution in [-0.2, 0) is 6.42 Å². The molecule has 0 bridgehead atoms. The Morgan fingerprint density at radius 3 is 2.32 bits per heavy atom. The van der Waals surface area contributed by atoms with Crippen molar-refractivity contribution in [2.45, 2.75) is 13.3 Å². The fourth-order valence-corrected chi connectivity index (χ4v) is 2.21. The first kappa shape index (κ1) is 15.4. The van der Waals surface area contributed by atoms with Gasteiger partial charge >= 0.3 is 0 Å². The van der Waals surface area contributed by atoms with Gasteiger partial charge in [-0.05, 0) is 24.5 Å². The zero-order chi connectivity index (χ0) is 16.1. The van der Waals surface area contributed by atoms with Gasteiger partial charge in [0.15, 0.2) is 0 Å². The minimum absolute atomic E-state index is 0.278. The minimum atomic E-state index is -0.631. The SMILES string of the molecule is Cc1cc([N+](=O)[O-])cc([N+](=O)[O-])c1NCCc1ccccc1. The highest BCUT2D eigenvalue weighted by molar-refractivity contribution is 5.69. The lowest BCUT2D eigenvalue weighted by Crippen LogP contribution is -2.09. The van der Waals surface area contributed by atoms with Crippen LogP contribution in [0.2, 0.25) is 0 Å². The topological polar surface area (TPSA) is 98.3 Å². The van der Waals surface area contributed by atoms with Gasteiger partial charge in [-0.25, -0.2) is 0 Å². The molecule has 0 aliphatic heterocycles. The van der Waals surface area contributed by atoms with Crippen LogP contribution in [0.15, 0.2) is 42.5 Å². The normalized spacial score (nSPS) is 10.2. The van der Waals surface area contributed by atoms with Gasteiger partial charge in [-0.1, -0.05) is 30.3 Å². The molecule has 7 nitrogen and oxygen atoms in total. The monoisotopic (exact) mass is 301 g/mol. The van der Waals surface area contributed by atoms with Crippen LogP contribution in [0.1, 0.15) is 11.1 Å². The zero-order valence-electron chi connectivity index (χ0n) is 12.0. The van der Waals surface area contributed by atoms with Gasteiger partial charge in [-0.15, -0.1) is 0 Å². The summed E-state index contributed by atoms with van der Waals surface area (Å²) in [5, 5.41) is 24.9. The second kappa shape index (κ2) is 6.66. The predicted molar refractivity (Wildman–Crippen MR) is 83.1 cm³/mol. The fraction of sp³-hybridized carbons (Fsp3) is 0.200. The molecule has 0 saturated carbocycles. The molecular weight excluding hydrogens is 286 g/mol. The molecule has 0 radical (unpaired) electrons. The van der Waals surface area contributed by atoms with Gasteiger partial charge in [0.25, 0.3) is 11.4 Å². The van der Waals surface area contributed by atoms with Crippen LogP contribution < -0.4 is 5.32 Å². The van der Waals surface area contributed by atoms with E-state index in [1.165, 1.54) is 6.07 Å². The van der Waals surface area contributed by atoms with E-state index in [1.54, 1.807) is 6.92 Å². The molecule has 2 rings (SSSR count). The van der Waals surface area contributed by atoms with Crippen molar-refractivity contribution in [3.8, 4) is 0 Å². The van der Waals surface area contributed by atoms with Gasteiger partial charge in [0.1, 0.15) is 5.69 Å². The molecule has 114 valence electrons. The Hall–Kier alpha value is -2.96. The Morgan fingerprint density at radius 1 is 1.05 bits per heavy atom. The molecule has 1 N–H and O–H groups in total. The van der Waals surface area contributed by atoms with E-state index >= 15 is 0 Å². The van der Waals surface area contributed by atoms with Gasteiger partial charge in [0.2, 0.25) is 0 Å². The Kier molecular flexibility index (Phi) is 4.67. The molecular formula is C15H15N3O4. The standard InChI is InChI=1S/C15H15N3O4/c1-11-9-13(17(19)20)10-14(18(21)22)15(11)16-8-7-12-5-3-2-4-6-12/h2-6,9-10,16H,7-8H2,1H3. The third-order valence-electron chi connectivity index (χ3n) is 3.27. The van der Waals surface area contributed by atoms with E-state index in [0.717, 1.165) is 11.6 Å². The molecule has 0 aromatic heterocycles. The second-order valence-electron chi connectivity index (χ2n) is 4.83. The van der Waals surface area contributed by atoms with Crippen LogP contribution in [0.5, 0.6) is 0 Å². The average Bonchev–Trinajstić information content (AvgIpc) is 2.49. The number of nitrogens with one attached hydrogen (secondary N) is 1. The third-order valence-corrected chi connectivity index (χ3v) is 3.27. The third kappa shape index (κ3) is 3.57. The molecule has 0 unspecified atom stereocenters. The number of non-ortho nitro benzene ring substituents is 1. The summed E-state index contributed by atoms with van der Waals surface area (Å²) in [4.78, 5) is 20.7. The van der Waals surface area contributed by atoms with Crippen molar-refractivity contribution >= 4 is 17.1 Å². The number of aryl methyl sites for hydroxylation is 1. The highest BCUT2D eigenvalue weighted by atomic mass is 16.6. The first-order valence-corrected chi connectivity index (χ1v) is 6.70. The lowest BCUT2D eigenvalue weighted by Gasteiger charge is -2.10. The van der Waals surface area contributed by atoms with E-state index in [-0.39, 0.29) is 11.4 Å². The Labute approximate surface area is 126 Å². The van der Waals surface area contributed by atoms with Gasteiger partial charge in [0, 0.05) is 12.6 Å². The van der Waals surface area contributed by atoms with Crippen molar-refractivity contribution in [3.05, 3.63) is 73.8 Å². The van der Waals surface area contributed by atoms with Crippen LogP contribution in [0.3, 0.4) is 0 Å². The summed E-state index contributed by atoms with van der Waals surface area (Å²) in [6.45, 7) is 2.12. The summed E-state index contributed by atoms with van der Waals surface area (Å²) in [7, 11) is 0. The number of rotatable bonds is 6. The lowest BCUT2D eigenvalue weighted by atomic mass is 10.1. The van der Waals surface area contributed by atoms with Crippen LogP contribution in [0, 0.1) is 27.2 Å².